The van der Waals surface area contributed by atoms with E-state index < -0.39 is 0 Å². The number of likely N-dealkylation sites (tertiary alicyclic amines) is 1. The van der Waals surface area contributed by atoms with Crippen molar-refractivity contribution >= 4 is 51.0 Å². The SMILES string of the molecule is O=C(Nc1nccs1)c1ccc([C@@H]2CCCN2C(=O)c2ccc3nsnc3c2)nc1. The molecule has 8 nitrogen and oxygen atoms in total. The van der Waals surface area contributed by atoms with Crippen LogP contribution in [0.25, 0.3) is 11.0 Å². The number of carbonyl (C=O) groups excluding carboxylic acids is 2. The number of benzene rings is 1. The second-order valence-electron chi connectivity index (χ2n) is 6.89. The minimum atomic E-state index is -0.256. The number of rotatable bonds is 4. The van der Waals surface area contributed by atoms with Gasteiger partial charge in [-0.1, -0.05) is 0 Å². The molecule has 0 saturated carbocycles. The minimum Gasteiger partial charge on any atom is -0.330 e. The van der Waals surface area contributed by atoms with Crippen LogP contribution >= 0.6 is 23.1 Å². The average molecular weight is 437 g/mol. The molecule has 1 aliphatic rings. The van der Waals surface area contributed by atoms with Crippen molar-refractivity contribution in [3.63, 3.8) is 0 Å². The number of nitrogens with one attached hydrogen (secondary N) is 1. The first-order valence-electron chi connectivity index (χ1n) is 9.39. The van der Waals surface area contributed by atoms with E-state index in [1.807, 2.05) is 17.0 Å². The summed E-state index contributed by atoms with van der Waals surface area (Å²) in [6.07, 6.45) is 4.93. The molecule has 4 heterocycles. The van der Waals surface area contributed by atoms with Gasteiger partial charge in [-0.05, 0) is 43.2 Å². The van der Waals surface area contributed by atoms with Crippen molar-refractivity contribution < 1.29 is 9.59 Å². The van der Waals surface area contributed by atoms with Crippen LogP contribution in [0.1, 0.15) is 45.3 Å². The van der Waals surface area contributed by atoms with Gasteiger partial charge in [0.05, 0.1) is 29.0 Å². The number of fused-ring (bicyclic) bond motifs is 1. The number of pyridine rings is 1. The van der Waals surface area contributed by atoms with E-state index in [1.165, 1.54) is 11.3 Å². The molecule has 0 spiro atoms. The van der Waals surface area contributed by atoms with Gasteiger partial charge in [-0.3, -0.25) is 19.9 Å². The summed E-state index contributed by atoms with van der Waals surface area (Å²) in [5, 5.41) is 5.08. The summed E-state index contributed by atoms with van der Waals surface area (Å²) < 4.78 is 8.41. The van der Waals surface area contributed by atoms with Gasteiger partial charge in [0.15, 0.2) is 5.13 Å². The normalized spacial score (nSPS) is 16.1. The number of hydrogen-bond acceptors (Lipinski definition) is 8. The van der Waals surface area contributed by atoms with Gasteiger partial charge in [0, 0.05) is 29.9 Å². The van der Waals surface area contributed by atoms with Gasteiger partial charge in [0.25, 0.3) is 11.8 Å². The van der Waals surface area contributed by atoms with Crippen LogP contribution in [-0.2, 0) is 0 Å². The maximum absolute atomic E-state index is 13.1. The van der Waals surface area contributed by atoms with Gasteiger partial charge in [-0.2, -0.15) is 8.75 Å². The fraction of sp³-hybridized carbons (Fsp3) is 0.200. The smallest absolute Gasteiger partial charge is 0.259 e. The topological polar surface area (TPSA) is 101 Å². The molecule has 1 fully saturated rings. The molecule has 0 unspecified atom stereocenters. The molecule has 0 bridgehead atoms. The summed E-state index contributed by atoms with van der Waals surface area (Å²) in [6, 6.07) is 8.85. The molecule has 3 aromatic heterocycles. The van der Waals surface area contributed by atoms with Crippen LogP contribution in [-0.4, -0.2) is 42.0 Å². The van der Waals surface area contributed by atoms with Crippen molar-refractivity contribution in [3.8, 4) is 0 Å². The second kappa shape index (κ2) is 7.88. The summed E-state index contributed by atoms with van der Waals surface area (Å²) >= 11 is 2.49. The quantitative estimate of drug-likeness (QED) is 0.523. The van der Waals surface area contributed by atoms with E-state index in [9.17, 15) is 9.59 Å². The van der Waals surface area contributed by atoms with Crippen molar-refractivity contribution in [1.29, 1.82) is 0 Å². The van der Waals surface area contributed by atoms with Crippen LogP contribution in [0.15, 0.2) is 48.1 Å². The Balaban J connectivity index is 1.34. The third kappa shape index (κ3) is 3.55. The zero-order valence-corrected chi connectivity index (χ0v) is 17.3. The highest BCUT2D eigenvalue weighted by Gasteiger charge is 2.31. The minimum absolute atomic E-state index is 0.0419. The molecular formula is C20H16N6O2S2. The Bertz CT molecular complexity index is 1210. The van der Waals surface area contributed by atoms with E-state index in [1.54, 1.807) is 36.0 Å². The molecule has 1 aliphatic heterocycles. The Morgan fingerprint density at radius 3 is 2.73 bits per heavy atom. The Morgan fingerprint density at radius 1 is 1.07 bits per heavy atom. The first kappa shape index (κ1) is 18.8. The van der Waals surface area contributed by atoms with E-state index in [4.69, 9.17) is 0 Å². The van der Waals surface area contributed by atoms with Crippen molar-refractivity contribution in [2.75, 3.05) is 11.9 Å². The van der Waals surface area contributed by atoms with Crippen LogP contribution in [0.5, 0.6) is 0 Å². The number of aromatic nitrogens is 4. The molecule has 0 radical (unpaired) electrons. The lowest BCUT2D eigenvalue weighted by atomic mass is 10.1. The number of anilines is 1. The highest BCUT2D eigenvalue weighted by Crippen LogP contribution is 2.32. The van der Waals surface area contributed by atoms with Crippen LogP contribution in [0.4, 0.5) is 5.13 Å². The lowest BCUT2D eigenvalue weighted by molar-refractivity contribution is 0.0732. The summed E-state index contributed by atoms with van der Waals surface area (Å²) in [7, 11) is 0. The van der Waals surface area contributed by atoms with Gasteiger partial charge in [-0.15, -0.1) is 11.3 Å². The summed E-state index contributed by atoms with van der Waals surface area (Å²) in [4.78, 5) is 35.8. The number of nitrogens with zero attached hydrogens (tertiary/aromatic N) is 5. The summed E-state index contributed by atoms with van der Waals surface area (Å²) in [6.45, 7) is 0.671. The van der Waals surface area contributed by atoms with Gasteiger partial charge in [-0.25, -0.2) is 4.98 Å². The second-order valence-corrected chi connectivity index (χ2v) is 8.31. The molecule has 1 N–H and O–H groups in total. The Morgan fingerprint density at radius 2 is 1.93 bits per heavy atom. The zero-order valence-electron chi connectivity index (χ0n) is 15.7. The van der Waals surface area contributed by atoms with Crippen molar-refractivity contribution in [2.24, 2.45) is 0 Å². The first-order valence-corrected chi connectivity index (χ1v) is 11.0. The van der Waals surface area contributed by atoms with E-state index in [2.05, 4.69) is 24.0 Å². The number of thiazole rings is 1. The molecule has 5 rings (SSSR count). The summed E-state index contributed by atoms with van der Waals surface area (Å²) in [5.74, 6) is -0.298. The maximum Gasteiger partial charge on any atom is 0.259 e. The van der Waals surface area contributed by atoms with Gasteiger partial charge in [0.1, 0.15) is 11.0 Å². The van der Waals surface area contributed by atoms with Gasteiger partial charge in [0.2, 0.25) is 0 Å². The van der Waals surface area contributed by atoms with Crippen LogP contribution in [0, 0.1) is 0 Å². The van der Waals surface area contributed by atoms with Crippen LogP contribution in [0.2, 0.25) is 0 Å². The van der Waals surface area contributed by atoms with Crippen molar-refractivity contribution in [3.05, 3.63) is 64.9 Å². The van der Waals surface area contributed by atoms with Crippen LogP contribution in [0.3, 0.4) is 0 Å². The van der Waals surface area contributed by atoms with Crippen LogP contribution < -0.4 is 5.32 Å². The molecule has 0 aliphatic carbocycles. The molecular weight excluding hydrogens is 420 g/mol. The van der Waals surface area contributed by atoms with Crippen molar-refractivity contribution in [2.45, 2.75) is 18.9 Å². The average Bonchev–Trinajstić information content (AvgIpc) is 3.54. The van der Waals surface area contributed by atoms with E-state index in [0.717, 1.165) is 41.3 Å². The lowest BCUT2D eigenvalue weighted by Crippen LogP contribution is -2.31. The summed E-state index contributed by atoms with van der Waals surface area (Å²) in [5.41, 5.74) is 3.36. The molecule has 30 heavy (non-hydrogen) atoms. The highest BCUT2D eigenvalue weighted by atomic mass is 32.1. The molecule has 1 atom stereocenters. The predicted octanol–water partition coefficient (Wildman–Crippen LogP) is 3.77. The Kier molecular flexibility index (Phi) is 4.93. The van der Waals surface area contributed by atoms with Gasteiger partial charge < -0.3 is 4.90 Å². The number of amides is 2. The fourth-order valence-corrected chi connectivity index (χ4v) is 4.63. The first-order chi connectivity index (χ1) is 14.7. The van der Waals surface area contributed by atoms with E-state index in [0.29, 0.717) is 22.8 Å². The largest absolute Gasteiger partial charge is 0.330 e. The Hall–Kier alpha value is -3.24. The monoisotopic (exact) mass is 436 g/mol. The molecule has 1 saturated heterocycles. The molecule has 4 aromatic rings. The fourth-order valence-electron chi connectivity index (χ4n) is 3.59. The standard InChI is InChI=1S/C20H16N6O2S2/c27-18(23-20-21-7-9-29-20)13-4-6-15(22-11-13)17-2-1-8-26(17)19(28)12-3-5-14-16(10-12)25-30-24-14/h3-7,9-11,17H,1-2,8H2,(H,21,23,27)/t17-/m0/s1. The van der Waals surface area contributed by atoms with Crippen molar-refractivity contribution in [1.82, 2.24) is 23.6 Å². The highest BCUT2D eigenvalue weighted by molar-refractivity contribution is 7.13. The molecule has 10 heteroatoms. The zero-order chi connectivity index (χ0) is 20.5. The molecule has 150 valence electrons. The molecule has 1 aromatic carbocycles. The van der Waals surface area contributed by atoms with Gasteiger partial charge >= 0.3 is 0 Å². The number of carbonyl (C=O) groups is 2. The van der Waals surface area contributed by atoms with E-state index >= 15 is 0 Å². The lowest BCUT2D eigenvalue weighted by Gasteiger charge is -2.24. The number of hydrogen-bond donors (Lipinski definition) is 1. The third-order valence-corrected chi connectivity index (χ3v) is 6.30. The van der Waals surface area contributed by atoms with E-state index in [-0.39, 0.29) is 17.9 Å². The molecule has 2 amide bonds. The predicted molar refractivity (Wildman–Crippen MR) is 115 cm³/mol. The Labute approximate surface area is 179 Å². The maximum atomic E-state index is 13.1. The third-order valence-electron chi connectivity index (χ3n) is 5.06.